The quantitative estimate of drug-likeness (QED) is 0.840. The number of ether oxygens (including phenoxy) is 1. The molecule has 0 aromatic rings. The molecule has 5 nitrogen and oxygen atoms in total. The second kappa shape index (κ2) is 8.87. The lowest BCUT2D eigenvalue weighted by Crippen LogP contribution is -2.52. The van der Waals surface area contributed by atoms with Crippen molar-refractivity contribution in [3.8, 4) is 0 Å². The molecule has 0 aromatic heterocycles. The van der Waals surface area contributed by atoms with Gasteiger partial charge in [-0.3, -0.25) is 4.21 Å². The van der Waals surface area contributed by atoms with E-state index in [1.165, 1.54) is 12.8 Å². The summed E-state index contributed by atoms with van der Waals surface area (Å²) < 4.78 is 17.3. The highest BCUT2D eigenvalue weighted by molar-refractivity contribution is 7.85. The van der Waals surface area contributed by atoms with Crippen molar-refractivity contribution < 1.29 is 13.7 Å². The van der Waals surface area contributed by atoms with Crippen LogP contribution < -0.4 is 5.32 Å². The number of piperidine rings is 1. The number of carbonyl (C=O) groups is 1. The molecule has 1 N–H and O–H groups in total. The van der Waals surface area contributed by atoms with Gasteiger partial charge in [0.1, 0.15) is 0 Å². The minimum atomic E-state index is -0.712. The number of hydrogen-bond donors (Lipinski definition) is 1. The van der Waals surface area contributed by atoms with Crippen molar-refractivity contribution in [2.24, 2.45) is 0 Å². The Morgan fingerprint density at radius 3 is 2.50 bits per heavy atom. The van der Waals surface area contributed by atoms with Crippen LogP contribution in [-0.2, 0) is 15.5 Å². The third kappa shape index (κ3) is 4.69. The van der Waals surface area contributed by atoms with Crippen LogP contribution in [0.4, 0.5) is 4.79 Å². The summed E-state index contributed by atoms with van der Waals surface area (Å²) in [5, 5.41) is 4.05. The number of amides is 1. The van der Waals surface area contributed by atoms with E-state index in [-0.39, 0.29) is 6.09 Å². The van der Waals surface area contributed by atoms with Gasteiger partial charge in [-0.1, -0.05) is 19.8 Å². The highest BCUT2D eigenvalue weighted by atomic mass is 32.2. The fraction of sp³-hybridized carbons (Fsp3) is 0.938. The monoisotopic (exact) mass is 330 g/mol. The van der Waals surface area contributed by atoms with Crippen molar-refractivity contribution >= 4 is 16.9 Å². The molecule has 6 heteroatoms. The predicted octanol–water partition coefficient (Wildman–Crippen LogP) is 2.28. The molecule has 2 fully saturated rings. The first-order valence-electron chi connectivity index (χ1n) is 8.70. The highest BCUT2D eigenvalue weighted by Gasteiger charge is 2.32. The van der Waals surface area contributed by atoms with E-state index in [1.54, 1.807) is 4.90 Å². The van der Waals surface area contributed by atoms with Crippen molar-refractivity contribution in [3.05, 3.63) is 0 Å². The summed E-state index contributed by atoms with van der Waals surface area (Å²) in [6.45, 7) is 5.79. The second-order valence-electron chi connectivity index (χ2n) is 6.23. The first-order chi connectivity index (χ1) is 10.7. The minimum Gasteiger partial charge on any atom is -0.450 e. The van der Waals surface area contributed by atoms with Crippen molar-refractivity contribution in [2.45, 2.75) is 69.7 Å². The van der Waals surface area contributed by atoms with Crippen LogP contribution in [0.15, 0.2) is 0 Å². The molecular formula is C16H30N2O3S. The number of carbonyl (C=O) groups excluding carboxylic acids is 1. The average molecular weight is 330 g/mol. The molecule has 3 atom stereocenters. The molecule has 2 rings (SSSR count). The lowest BCUT2D eigenvalue weighted by Gasteiger charge is -2.38. The molecule has 0 bridgehead atoms. The summed E-state index contributed by atoms with van der Waals surface area (Å²) in [6, 6.07) is 0.818. The number of likely N-dealkylation sites (tertiary alicyclic amines) is 1. The third-order valence-corrected chi connectivity index (χ3v) is 6.60. The zero-order chi connectivity index (χ0) is 15.9. The van der Waals surface area contributed by atoms with Crippen LogP contribution in [0.25, 0.3) is 0 Å². The maximum absolute atomic E-state index is 12.2. The first kappa shape index (κ1) is 17.7. The third-order valence-electron chi connectivity index (χ3n) is 4.80. The van der Waals surface area contributed by atoms with E-state index in [1.807, 2.05) is 13.8 Å². The van der Waals surface area contributed by atoms with E-state index in [9.17, 15) is 9.00 Å². The molecule has 0 radical (unpaired) electrons. The van der Waals surface area contributed by atoms with Gasteiger partial charge in [0, 0.05) is 41.7 Å². The molecule has 1 aliphatic heterocycles. The molecule has 1 amide bonds. The zero-order valence-electron chi connectivity index (χ0n) is 13.9. The molecule has 1 aliphatic carbocycles. The van der Waals surface area contributed by atoms with Gasteiger partial charge in [-0.25, -0.2) is 4.79 Å². The lowest BCUT2D eigenvalue weighted by atomic mass is 9.93. The van der Waals surface area contributed by atoms with Crippen LogP contribution in [0, 0.1) is 0 Å². The van der Waals surface area contributed by atoms with Gasteiger partial charge in [0.2, 0.25) is 0 Å². The number of rotatable bonds is 5. The van der Waals surface area contributed by atoms with Gasteiger partial charge in [0.25, 0.3) is 0 Å². The maximum Gasteiger partial charge on any atom is 0.409 e. The van der Waals surface area contributed by atoms with Crippen molar-refractivity contribution in [1.82, 2.24) is 10.2 Å². The average Bonchev–Trinajstić information content (AvgIpc) is 2.55. The highest BCUT2D eigenvalue weighted by Crippen LogP contribution is 2.25. The first-order valence-corrected chi connectivity index (χ1v) is 10.1. The molecule has 0 unspecified atom stereocenters. The van der Waals surface area contributed by atoms with E-state index in [0.29, 0.717) is 23.9 Å². The van der Waals surface area contributed by atoms with Crippen LogP contribution in [0.1, 0.15) is 52.4 Å². The fourth-order valence-corrected chi connectivity index (χ4v) is 5.00. The largest absolute Gasteiger partial charge is 0.450 e. The molecule has 0 aromatic carbocycles. The Labute approximate surface area is 136 Å². The van der Waals surface area contributed by atoms with E-state index < -0.39 is 10.8 Å². The Kier molecular flexibility index (Phi) is 7.15. The molecule has 22 heavy (non-hydrogen) atoms. The molecule has 1 saturated carbocycles. The molecule has 1 saturated heterocycles. The summed E-state index contributed by atoms with van der Waals surface area (Å²) in [5.41, 5.74) is 0. The van der Waals surface area contributed by atoms with Crippen LogP contribution in [0.2, 0.25) is 0 Å². The van der Waals surface area contributed by atoms with Gasteiger partial charge in [-0.2, -0.15) is 0 Å². The van der Waals surface area contributed by atoms with Gasteiger partial charge in [0.05, 0.1) is 11.9 Å². The van der Waals surface area contributed by atoms with Gasteiger partial charge in [-0.05, 0) is 32.6 Å². The predicted molar refractivity (Wildman–Crippen MR) is 89.5 cm³/mol. The Bertz CT molecular complexity index is 384. The van der Waals surface area contributed by atoms with E-state index >= 15 is 0 Å². The second-order valence-corrected chi connectivity index (χ2v) is 8.17. The topological polar surface area (TPSA) is 58.6 Å². The van der Waals surface area contributed by atoms with Crippen molar-refractivity contribution in [1.29, 1.82) is 0 Å². The normalized spacial score (nSPS) is 28.4. The zero-order valence-corrected chi connectivity index (χ0v) is 14.7. The fourth-order valence-electron chi connectivity index (χ4n) is 3.56. The Hall–Kier alpha value is -0.620. The summed E-state index contributed by atoms with van der Waals surface area (Å²) in [5.74, 6) is 0.754. The van der Waals surface area contributed by atoms with Gasteiger partial charge in [0.15, 0.2) is 0 Å². The van der Waals surface area contributed by atoms with Gasteiger partial charge in [-0.15, -0.1) is 0 Å². The SMILES string of the molecule is CCOC(=O)N1CCC(N[C@@H]2CCCC[C@H]2[S@@](=O)CC)CC1. The molecule has 2 aliphatic rings. The number of hydrogen-bond acceptors (Lipinski definition) is 4. The summed E-state index contributed by atoms with van der Waals surface area (Å²) in [6.07, 6.45) is 6.38. The number of nitrogens with zero attached hydrogens (tertiary/aromatic N) is 1. The van der Waals surface area contributed by atoms with Gasteiger partial charge >= 0.3 is 6.09 Å². The Morgan fingerprint density at radius 1 is 1.18 bits per heavy atom. The van der Waals surface area contributed by atoms with Crippen LogP contribution >= 0.6 is 0 Å². The molecular weight excluding hydrogens is 300 g/mol. The Balaban J connectivity index is 1.81. The summed E-state index contributed by atoms with van der Waals surface area (Å²) in [4.78, 5) is 13.5. The Morgan fingerprint density at radius 2 is 1.86 bits per heavy atom. The lowest BCUT2D eigenvalue weighted by molar-refractivity contribution is 0.0937. The van der Waals surface area contributed by atoms with Crippen LogP contribution in [-0.4, -0.2) is 58.0 Å². The summed E-state index contributed by atoms with van der Waals surface area (Å²) in [7, 11) is -0.712. The smallest absolute Gasteiger partial charge is 0.409 e. The van der Waals surface area contributed by atoms with Crippen molar-refractivity contribution in [2.75, 3.05) is 25.4 Å². The van der Waals surface area contributed by atoms with Crippen LogP contribution in [0.3, 0.4) is 0 Å². The minimum absolute atomic E-state index is 0.191. The standard InChI is InChI=1S/C16H30N2O3S/c1-3-21-16(19)18-11-9-13(10-12-18)17-14-7-5-6-8-15(14)22(20)4-2/h13-15,17H,3-12H2,1-2H3/t14-,15-,22+/m1/s1. The van der Waals surface area contributed by atoms with Crippen LogP contribution in [0.5, 0.6) is 0 Å². The van der Waals surface area contributed by atoms with Crippen molar-refractivity contribution in [3.63, 3.8) is 0 Å². The summed E-state index contributed by atoms with van der Waals surface area (Å²) >= 11 is 0. The van der Waals surface area contributed by atoms with E-state index in [2.05, 4.69) is 5.32 Å². The maximum atomic E-state index is 12.2. The number of nitrogens with one attached hydrogen (secondary N) is 1. The van der Waals surface area contributed by atoms with E-state index in [4.69, 9.17) is 4.74 Å². The molecule has 1 heterocycles. The van der Waals surface area contributed by atoms with Gasteiger partial charge < -0.3 is 15.0 Å². The molecule has 128 valence electrons. The molecule has 0 spiro atoms. The van der Waals surface area contributed by atoms with E-state index in [0.717, 1.165) is 44.5 Å².